The Bertz CT molecular complexity index is 502. The van der Waals surface area contributed by atoms with Crippen molar-refractivity contribution >= 4 is 10.0 Å². The van der Waals surface area contributed by atoms with E-state index in [1.807, 2.05) is 0 Å². The summed E-state index contributed by atoms with van der Waals surface area (Å²) >= 11 is 0. The molecule has 0 aromatic heterocycles. The summed E-state index contributed by atoms with van der Waals surface area (Å²) in [5, 5.41) is 0. The van der Waals surface area contributed by atoms with Crippen molar-refractivity contribution in [3.05, 3.63) is 0 Å². The van der Waals surface area contributed by atoms with Crippen LogP contribution in [0.3, 0.4) is 0 Å². The molecule has 37 heavy (non-hydrogen) atoms. The van der Waals surface area contributed by atoms with E-state index < -0.39 is 10.0 Å². The lowest BCUT2D eigenvalue weighted by Gasteiger charge is -2.19. The summed E-state index contributed by atoms with van der Waals surface area (Å²) in [6, 6.07) is 0. The molecule has 0 atom stereocenters. The molecule has 0 aliphatic rings. The van der Waals surface area contributed by atoms with Crippen LogP contribution in [0.4, 0.5) is 0 Å². The standard InChI is InChI=1S/C33H69NO2S/c1-4-6-8-10-12-14-16-18-20-22-24-26-28-30-32-34(37(3,35)36)33-31-29-27-25-23-21-19-17-15-13-11-9-7-5-2/h4-33H2,1-3H3. The highest BCUT2D eigenvalue weighted by atomic mass is 32.2. The third-order valence-electron chi connectivity index (χ3n) is 7.99. The Labute approximate surface area is 235 Å². The maximum atomic E-state index is 12.2. The summed E-state index contributed by atoms with van der Waals surface area (Å²) in [5.41, 5.74) is 0. The third-order valence-corrected chi connectivity index (χ3v) is 9.29. The monoisotopic (exact) mass is 544 g/mol. The van der Waals surface area contributed by atoms with Crippen LogP contribution in [0.2, 0.25) is 0 Å². The SMILES string of the molecule is CCCCCCCCCCCCCCCCN(CCCCCCCCCCCCCCCC)S(C)(=O)=O. The van der Waals surface area contributed by atoms with Gasteiger partial charge in [-0.25, -0.2) is 12.7 Å². The fourth-order valence-electron chi connectivity index (χ4n) is 5.41. The Hall–Kier alpha value is -0.0900. The van der Waals surface area contributed by atoms with Crippen molar-refractivity contribution in [2.75, 3.05) is 19.3 Å². The maximum Gasteiger partial charge on any atom is 0.211 e. The summed E-state index contributed by atoms with van der Waals surface area (Å²) < 4.78 is 26.1. The molecular weight excluding hydrogens is 474 g/mol. The van der Waals surface area contributed by atoms with Crippen LogP contribution < -0.4 is 0 Å². The minimum absolute atomic E-state index is 0.718. The summed E-state index contributed by atoms with van der Waals surface area (Å²) in [5.74, 6) is 0. The van der Waals surface area contributed by atoms with E-state index in [-0.39, 0.29) is 0 Å². The number of sulfonamides is 1. The van der Waals surface area contributed by atoms with E-state index in [9.17, 15) is 8.42 Å². The Morgan fingerprint density at radius 2 is 0.541 bits per heavy atom. The largest absolute Gasteiger partial charge is 0.213 e. The van der Waals surface area contributed by atoms with E-state index in [0.717, 1.165) is 25.9 Å². The summed E-state index contributed by atoms with van der Waals surface area (Å²) in [4.78, 5) is 0. The smallest absolute Gasteiger partial charge is 0.211 e. The molecule has 224 valence electrons. The van der Waals surface area contributed by atoms with Crippen LogP contribution in [0.25, 0.3) is 0 Å². The molecule has 0 unspecified atom stereocenters. The molecule has 0 amide bonds. The van der Waals surface area contributed by atoms with Crippen LogP contribution >= 0.6 is 0 Å². The summed E-state index contributed by atoms with van der Waals surface area (Å²) in [6.45, 7) is 6.00. The maximum absolute atomic E-state index is 12.2. The van der Waals surface area contributed by atoms with E-state index in [4.69, 9.17) is 0 Å². The second kappa shape index (κ2) is 28.9. The van der Waals surface area contributed by atoms with Crippen LogP contribution in [0.15, 0.2) is 0 Å². The normalized spacial score (nSPS) is 12.1. The van der Waals surface area contributed by atoms with E-state index in [1.54, 1.807) is 4.31 Å². The third kappa shape index (κ3) is 28.7. The van der Waals surface area contributed by atoms with Gasteiger partial charge >= 0.3 is 0 Å². The van der Waals surface area contributed by atoms with Crippen molar-refractivity contribution in [3.8, 4) is 0 Å². The van der Waals surface area contributed by atoms with Gasteiger partial charge in [-0.05, 0) is 12.8 Å². The lowest BCUT2D eigenvalue weighted by Crippen LogP contribution is -2.32. The Balaban J connectivity index is 3.54. The quantitative estimate of drug-likeness (QED) is 0.0815. The fourth-order valence-corrected chi connectivity index (χ4v) is 6.33. The second-order valence-corrected chi connectivity index (χ2v) is 13.8. The van der Waals surface area contributed by atoms with Crippen LogP contribution in [0, 0.1) is 0 Å². The molecule has 0 bridgehead atoms. The van der Waals surface area contributed by atoms with Crippen LogP contribution in [-0.4, -0.2) is 32.1 Å². The number of nitrogens with zero attached hydrogens (tertiary/aromatic N) is 1. The molecule has 0 aromatic rings. The van der Waals surface area contributed by atoms with Crippen LogP contribution in [0.1, 0.15) is 194 Å². The van der Waals surface area contributed by atoms with Crippen molar-refractivity contribution in [2.45, 2.75) is 194 Å². The summed E-state index contributed by atoms with van der Waals surface area (Å²) in [6.07, 6.45) is 38.9. The van der Waals surface area contributed by atoms with E-state index in [1.165, 1.54) is 173 Å². The van der Waals surface area contributed by atoms with Gasteiger partial charge in [-0.3, -0.25) is 0 Å². The first-order valence-electron chi connectivity index (χ1n) is 17.0. The zero-order valence-corrected chi connectivity index (χ0v) is 26.7. The van der Waals surface area contributed by atoms with Crippen molar-refractivity contribution in [1.29, 1.82) is 0 Å². The lowest BCUT2D eigenvalue weighted by molar-refractivity contribution is 0.386. The predicted molar refractivity (Wildman–Crippen MR) is 167 cm³/mol. The topological polar surface area (TPSA) is 37.4 Å². The zero-order valence-electron chi connectivity index (χ0n) is 25.9. The molecule has 0 N–H and O–H groups in total. The summed E-state index contributed by atoms with van der Waals surface area (Å²) in [7, 11) is -3.07. The average molecular weight is 544 g/mol. The van der Waals surface area contributed by atoms with Gasteiger partial charge in [0.15, 0.2) is 0 Å². The minimum Gasteiger partial charge on any atom is -0.213 e. The molecule has 3 nitrogen and oxygen atoms in total. The number of rotatable bonds is 31. The van der Waals surface area contributed by atoms with E-state index in [0.29, 0.717) is 0 Å². The molecule has 0 rings (SSSR count). The first-order valence-corrected chi connectivity index (χ1v) is 18.8. The molecule has 0 fully saturated rings. The highest BCUT2D eigenvalue weighted by molar-refractivity contribution is 7.88. The zero-order chi connectivity index (χ0) is 27.3. The minimum atomic E-state index is -3.07. The predicted octanol–water partition coefficient (Wildman–Crippen LogP) is 11.2. The van der Waals surface area contributed by atoms with E-state index in [2.05, 4.69) is 13.8 Å². The molecule has 0 aliphatic heterocycles. The van der Waals surface area contributed by atoms with E-state index >= 15 is 0 Å². The Morgan fingerprint density at radius 3 is 0.730 bits per heavy atom. The molecule has 0 saturated carbocycles. The highest BCUT2D eigenvalue weighted by Gasteiger charge is 2.15. The Kier molecular flexibility index (Phi) is 28.8. The molecule has 0 radical (unpaired) electrons. The van der Waals surface area contributed by atoms with Gasteiger partial charge in [0, 0.05) is 13.1 Å². The van der Waals surface area contributed by atoms with Gasteiger partial charge in [0.05, 0.1) is 6.26 Å². The lowest BCUT2D eigenvalue weighted by atomic mass is 10.0. The Morgan fingerprint density at radius 1 is 0.351 bits per heavy atom. The fraction of sp³-hybridized carbons (Fsp3) is 1.00. The van der Waals surface area contributed by atoms with Crippen molar-refractivity contribution in [1.82, 2.24) is 4.31 Å². The van der Waals surface area contributed by atoms with Gasteiger partial charge in [-0.2, -0.15) is 0 Å². The average Bonchev–Trinajstić information content (AvgIpc) is 2.87. The van der Waals surface area contributed by atoms with Crippen LogP contribution in [0.5, 0.6) is 0 Å². The molecule has 4 heteroatoms. The van der Waals surface area contributed by atoms with Crippen LogP contribution in [-0.2, 0) is 10.0 Å². The highest BCUT2D eigenvalue weighted by Crippen LogP contribution is 2.15. The number of unbranched alkanes of at least 4 members (excludes halogenated alkanes) is 26. The molecular formula is C33H69NO2S. The van der Waals surface area contributed by atoms with Gasteiger partial charge in [-0.15, -0.1) is 0 Å². The van der Waals surface area contributed by atoms with Crippen molar-refractivity contribution < 1.29 is 8.42 Å². The van der Waals surface area contributed by atoms with Gasteiger partial charge in [0.2, 0.25) is 10.0 Å². The molecule has 0 aliphatic carbocycles. The van der Waals surface area contributed by atoms with Crippen molar-refractivity contribution in [3.63, 3.8) is 0 Å². The molecule has 0 spiro atoms. The molecule has 0 aromatic carbocycles. The first-order chi connectivity index (χ1) is 18.0. The number of hydrogen-bond acceptors (Lipinski definition) is 2. The van der Waals surface area contributed by atoms with Crippen molar-refractivity contribution in [2.24, 2.45) is 0 Å². The molecule has 0 saturated heterocycles. The van der Waals surface area contributed by atoms with Gasteiger partial charge < -0.3 is 0 Å². The van der Waals surface area contributed by atoms with Gasteiger partial charge in [0.25, 0.3) is 0 Å². The second-order valence-electron chi connectivity index (χ2n) is 11.9. The van der Waals surface area contributed by atoms with Gasteiger partial charge in [0.1, 0.15) is 0 Å². The molecule has 0 heterocycles. The number of hydrogen-bond donors (Lipinski definition) is 0. The first kappa shape index (κ1) is 36.9. The van der Waals surface area contributed by atoms with Gasteiger partial charge in [-0.1, -0.05) is 181 Å².